The molecule has 6 heteroatoms. The zero-order valence-corrected chi connectivity index (χ0v) is 11.2. The van der Waals surface area contributed by atoms with Gasteiger partial charge >= 0.3 is 0 Å². The maximum absolute atomic E-state index is 13.3. The summed E-state index contributed by atoms with van der Waals surface area (Å²) in [5.74, 6) is -0.410. The van der Waals surface area contributed by atoms with Crippen LogP contribution in [0.25, 0.3) is 0 Å². The predicted molar refractivity (Wildman–Crippen MR) is 73.9 cm³/mol. The number of hydrogen-bond donors (Lipinski definition) is 0. The van der Waals surface area contributed by atoms with E-state index in [0.717, 1.165) is 24.5 Å². The van der Waals surface area contributed by atoms with E-state index in [1.165, 1.54) is 12.1 Å². The molecule has 108 valence electrons. The Morgan fingerprint density at radius 1 is 1.29 bits per heavy atom. The first-order valence-corrected chi connectivity index (χ1v) is 6.69. The van der Waals surface area contributed by atoms with Crippen LogP contribution in [0.15, 0.2) is 30.6 Å². The number of halogens is 1. The number of benzene rings is 1. The molecule has 1 aromatic carbocycles. The summed E-state index contributed by atoms with van der Waals surface area (Å²) >= 11 is 0. The maximum atomic E-state index is 13.3. The Morgan fingerprint density at radius 3 is 2.81 bits per heavy atom. The van der Waals surface area contributed by atoms with Gasteiger partial charge in [-0.15, -0.1) is 0 Å². The molecule has 0 unspecified atom stereocenters. The molecule has 5 nitrogen and oxygen atoms in total. The van der Waals surface area contributed by atoms with Crippen molar-refractivity contribution in [1.29, 1.82) is 0 Å². The van der Waals surface area contributed by atoms with Crippen molar-refractivity contribution in [3.63, 3.8) is 0 Å². The highest BCUT2D eigenvalue weighted by atomic mass is 19.1. The SMILES string of the molecule is O=C1CCCc2cn(Cc3cc(F)ccc3[N+](=O)[O-])cc21. The second-order valence-corrected chi connectivity index (χ2v) is 5.18. The van der Waals surface area contributed by atoms with Gasteiger partial charge in [0, 0.05) is 30.4 Å². The summed E-state index contributed by atoms with van der Waals surface area (Å²) in [7, 11) is 0. The lowest BCUT2D eigenvalue weighted by atomic mass is 9.95. The second kappa shape index (κ2) is 5.12. The molecule has 0 N–H and O–H groups in total. The number of hydrogen-bond acceptors (Lipinski definition) is 3. The van der Waals surface area contributed by atoms with E-state index in [1.807, 2.05) is 6.20 Å². The van der Waals surface area contributed by atoms with Crippen LogP contribution < -0.4 is 0 Å². The maximum Gasteiger partial charge on any atom is 0.274 e. The van der Waals surface area contributed by atoms with Gasteiger partial charge in [0.25, 0.3) is 5.69 Å². The zero-order chi connectivity index (χ0) is 15.0. The lowest BCUT2D eigenvalue weighted by Crippen LogP contribution is -2.07. The van der Waals surface area contributed by atoms with E-state index in [0.29, 0.717) is 17.5 Å². The number of rotatable bonds is 3. The van der Waals surface area contributed by atoms with E-state index in [2.05, 4.69) is 0 Å². The molecule has 2 aromatic rings. The molecule has 0 aliphatic heterocycles. The van der Waals surface area contributed by atoms with Crippen LogP contribution in [0.4, 0.5) is 10.1 Å². The van der Waals surface area contributed by atoms with Crippen molar-refractivity contribution >= 4 is 11.5 Å². The van der Waals surface area contributed by atoms with Gasteiger partial charge in [-0.1, -0.05) is 0 Å². The third-order valence-corrected chi connectivity index (χ3v) is 3.70. The minimum Gasteiger partial charge on any atom is -0.349 e. The Kier molecular flexibility index (Phi) is 3.29. The summed E-state index contributed by atoms with van der Waals surface area (Å²) in [6.45, 7) is 0.175. The fourth-order valence-electron chi connectivity index (χ4n) is 2.73. The van der Waals surface area contributed by atoms with Gasteiger partial charge in [-0.2, -0.15) is 0 Å². The summed E-state index contributed by atoms with van der Waals surface area (Å²) in [4.78, 5) is 22.3. The highest BCUT2D eigenvalue weighted by Gasteiger charge is 2.20. The first-order chi connectivity index (χ1) is 10.0. The van der Waals surface area contributed by atoms with Crippen LogP contribution in [0.5, 0.6) is 0 Å². The molecule has 0 saturated heterocycles. The fourth-order valence-corrected chi connectivity index (χ4v) is 2.73. The molecule has 1 aliphatic rings. The van der Waals surface area contributed by atoms with Crippen molar-refractivity contribution in [3.05, 3.63) is 63.2 Å². The van der Waals surface area contributed by atoms with Crippen LogP contribution in [0.2, 0.25) is 0 Å². The van der Waals surface area contributed by atoms with Gasteiger partial charge in [-0.25, -0.2) is 4.39 Å². The number of carbonyl (C=O) groups is 1. The minimum absolute atomic E-state index is 0.101. The third kappa shape index (κ3) is 2.56. The number of nitro benzene ring substituents is 1. The molecule has 21 heavy (non-hydrogen) atoms. The van der Waals surface area contributed by atoms with Crippen LogP contribution in [0.3, 0.4) is 0 Å². The van der Waals surface area contributed by atoms with Crippen molar-refractivity contribution < 1.29 is 14.1 Å². The van der Waals surface area contributed by atoms with Crippen LogP contribution in [0.1, 0.15) is 34.3 Å². The van der Waals surface area contributed by atoms with Crippen molar-refractivity contribution in [2.24, 2.45) is 0 Å². The minimum atomic E-state index is -0.524. The van der Waals surface area contributed by atoms with E-state index in [1.54, 1.807) is 10.8 Å². The highest BCUT2D eigenvalue weighted by molar-refractivity contribution is 5.98. The van der Waals surface area contributed by atoms with Gasteiger partial charge in [0.15, 0.2) is 5.78 Å². The zero-order valence-electron chi connectivity index (χ0n) is 11.2. The lowest BCUT2D eigenvalue weighted by Gasteiger charge is -2.07. The number of ketones is 1. The second-order valence-electron chi connectivity index (χ2n) is 5.18. The highest BCUT2D eigenvalue weighted by Crippen LogP contribution is 2.25. The lowest BCUT2D eigenvalue weighted by molar-refractivity contribution is -0.385. The summed E-state index contributed by atoms with van der Waals surface area (Å²) < 4.78 is 15.0. The summed E-state index contributed by atoms with van der Waals surface area (Å²) in [6, 6.07) is 3.41. The predicted octanol–water partition coefficient (Wildman–Crippen LogP) is 3.10. The van der Waals surface area contributed by atoms with E-state index in [-0.39, 0.29) is 18.0 Å². The van der Waals surface area contributed by atoms with Crippen molar-refractivity contribution in [2.75, 3.05) is 0 Å². The largest absolute Gasteiger partial charge is 0.349 e. The Labute approximate surface area is 120 Å². The van der Waals surface area contributed by atoms with Gasteiger partial charge in [-0.05, 0) is 30.5 Å². The van der Waals surface area contributed by atoms with Crippen molar-refractivity contribution in [1.82, 2.24) is 4.57 Å². The van der Waals surface area contributed by atoms with Gasteiger partial charge in [-0.3, -0.25) is 14.9 Å². The van der Waals surface area contributed by atoms with Gasteiger partial charge < -0.3 is 4.57 Å². The molecule has 0 radical (unpaired) electrons. The van der Waals surface area contributed by atoms with E-state index >= 15 is 0 Å². The smallest absolute Gasteiger partial charge is 0.274 e. The van der Waals surface area contributed by atoms with Crippen LogP contribution in [-0.2, 0) is 13.0 Å². The quantitative estimate of drug-likeness (QED) is 0.644. The van der Waals surface area contributed by atoms with Crippen LogP contribution in [-0.4, -0.2) is 15.3 Å². The molecule has 0 amide bonds. The number of carbonyl (C=O) groups excluding carboxylic acids is 1. The first-order valence-electron chi connectivity index (χ1n) is 6.69. The van der Waals surface area contributed by atoms with E-state index < -0.39 is 10.7 Å². The molecule has 0 fully saturated rings. The fraction of sp³-hybridized carbons (Fsp3) is 0.267. The van der Waals surface area contributed by atoms with Gasteiger partial charge in [0.1, 0.15) is 5.82 Å². The normalized spacial score (nSPS) is 14.0. The summed E-state index contributed by atoms with van der Waals surface area (Å²) in [5.41, 5.74) is 1.82. The molecule has 0 atom stereocenters. The number of fused-ring (bicyclic) bond motifs is 1. The van der Waals surface area contributed by atoms with Crippen LogP contribution in [0, 0.1) is 15.9 Å². The number of Topliss-reactive ketones (excluding diaryl/α,β-unsaturated/α-hetero) is 1. The molecule has 0 bridgehead atoms. The van der Waals surface area contributed by atoms with E-state index in [9.17, 15) is 19.3 Å². The molecular formula is C15H13FN2O3. The molecule has 1 aliphatic carbocycles. The number of nitrogens with zero attached hydrogens (tertiary/aromatic N) is 2. The average molecular weight is 288 g/mol. The topological polar surface area (TPSA) is 65.1 Å². The summed E-state index contributed by atoms with van der Waals surface area (Å²) in [5, 5.41) is 11.0. The van der Waals surface area contributed by atoms with Crippen molar-refractivity contribution in [2.45, 2.75) is 25.8 Å². The van der Waals surface area contributed by atoms with Crippen molar-refractivity contribution in [3.8, 4) is 0 Å². The molecule has 0 saturated carbocycles. The average Bonchev–Trinajstić information content (AvgIpc) is 2.82. The van der Waals surface area contributed by atoms with Gasteiger partial charge in [0.05, 0.1) is 17.0 Å². The Morgan fingerprint density at radius 2 is 2.10 bits per heavy atom. The molecule has 3 rings (SSSR count). The molecule has 0 spiro atoms. The number of aromatic nitrogens is 1. The number of aryl methyl sites for hydroxylation is 1. The standard InChI is InChI=1S/C15H13FN2O3/c16-12-4-5-14(18(20)21)11(6-12)8-17-7-10-2-1-3-15(19)13(10)9-17/h4-7,9H,1-3,8H2. The first kappa shape index (κ1) is 13.5. The van der Waals surface area contributed by atoms with E-state index in [4.69, 9.17) is 0 Å². The Bertz CT molecular complexity index is 737. The third-order valence-electron chi connectivity index (χ3n) is 3.70. The molecular weight excluding hydrogens is 275 g/mol. The molecule has 1 heterocycles. The van der Waals surface area contributed by atoms with Gasteiger partial charge in [0.2, 0.25) is 0 Å². The molecule has 1 aromatic heterocycles. The Hall–Kier alpha value is -2.50. The number of nitro groups is 1. The Balaban J connectivity index is 1.96. The monoisotopic (exact) mass is 288 g/mol. The van der Waals surface area contributed by atoms with Crippen LogP contribution >= 0.6 is 0 Å². The summed E-state index contributed by atoms with van der Waals surface area (Å²) in [6.07, 6.45) is 5.72.